The molecule has 1 aromatic carbocycles. The number of benzene rings is 1. The van der Waals surface area contributed by atoms with Crippen LogP contribution in [0.1, 0.15) is 26.3 Å². The van der Waals surface area contributed by atoms with Crippen molar-refractivity contribution in [3.05, 3.63) is 39.9 Å². The lowest BCUT2D eigenvalue weighted by atomic mass is 9.91. The van der Waals surface area contributed by atoms with Gasteiger partial charge >= 0.3 is 0 Å². The van der Waals surface area contributed by atoms with Crippen LogP contribution in [-0.4, -0.2) is 10.3 Å². The van der Waals surface area contributed by atoms with Crippen LogP contribution in [-0.2, 0) is 6.42 Å². The minimum atomic E-state index is -0.390. The Morgan fingerprint density at radius 2 is 1.76 bits per heavy atom. The van der Waals surface area contributed by atoms with Gasteiger partial charge in [-0.25, -0.2) is 0 Å². The van der Waals surface area contributed by atoms with Gasteiger partial charge in [-0.15, -0.1) is 11.6 Å². The second-order valence-corrected chi connectivity index (χ2v) is 5.31. The van der Waals surface area contributed by atoms with Crippen molar-refractivity contribution in [2.45, 2.75) is 32.6 Å². The zero-order valence-electron chi connectivity index (χ0n) is 10.4. The Kier molecular flexibility index (Phi) is 4.94. The normalized spacial score (nSPS) is 14.6. The number of nitro groups is 1. The molecule has 0 aromatic heterocycles. The summed E-state index contributed by atoms with van der Waals surface area (Å²) in [4.78, 5) is 10.1. The SMILES string of the molecule is CC(C)C(C)C(Cl)Cc1ccc([N+](=O)[O-])cc1. The largest absolute Gasteiger partial charge is 0.269 e. The van der Waals surface area contributed by atoms with Crippen LogP contribution >= 0.6 is 11.6 Å². The number of rotatable bonds is 5. The summed E-state index contributed by atoms with van der Waals surface area (Å²) in [7, 11) is 0. The van der Waals surface area contributed by atoms with E-state index in [0.29, 0.717) is 11.8 Å². The summed E-state index contributed by atoms with van der Waals surface area (Å²) >= 11 is 6.33. The van der Waals surface area contributed by atoms with Crippen LogP contribution in [0.3, 0.4) is 0 Å². The van der Waals surface area contributed by atoms with Gasteiger partial charge in [-0.2, -0.15) is 0 Å². The molecule has 2 atom stereocenters. The Labute approximate surface area is 107 Å². The molecule has 0 N–H and O–H groups in total. The molecule has 1 rings (SSSR count). The first-order valence-electron chi connectivity index (χ1n) is 5.79. The Bertz CT molecular complexity index is 376. The molecule has 0 saturated carbocycles. The Morgan fingerprint density at radius 3 is 2.18 bits per heavy atom. The summed E-state index contributed by atoms with van der Waals surface area (Å²) in [6.07, 6.45) is 0.749. The number of nitrogens with zero attached hydrogens (tertiary/aromatic N) is 1. The van der Waals surface area contributed by atoms with Crippen molar-refractivity contribution in [2.75, 3.05) is 0 Å². The van der Waals surface area contributed by atoms with Gasteiger partial charge in [0.1, 0.15) is 0 Å². The molecule has 0 fully saturated rings. The Morgan fingerprint density at radius 1 is 1.24 bits per heavy atom. The van der Waals surface area contributed by atoms with E-state index >= 15 is 0 Å². The van der Waals surface area contributed by atoms with Gasteiger partial charge in [0.25, 0.3) is 5.69 Å². The molecule has 94 valence electrons. The highest BCUT2D eigenvalue weighted by molar-refractivity contribution is 6.20. The molecule has 0 radical (unpaired) electrons. The van der Waals surface area contributed by atoms with Crippen LogP contribution < -0.4 is 0 Å². The van der Waals surface area contributed by atoms with Crippen molar-refractivity contribution in [3.63, 3.8) is 0 Å². The van der Waals surface area contributed by atoms with E-state index in [1.165, 1.54) is 12.1 Å². The summed E-state index contributed by atoms with van der Waals surface area (Å²) in [6, 6.07) is 6.61. The molecule has 0 aliphatic heterocycles. The predicted octanol–water partition coefficient (Wildman–Crippen LogP) is 4.04. The van der Waals surface area contributed by atoms with Crippen LogP contribution in [0.2, 0.25) is 0 Å². The fourth-order valence-corrected chi connectivity index (χ4v) is 2.05. The summed E-state index contributed by atoms with van der Waals surface area (Å²) in [5.41, 5.74) is 1.17. The van der Waals surface area contributed by atoms with Gasteiger partial charge in [-0.05, 0) is 23.8 Å². The third-order valence-corrected chi connectivity index (χ3v) is 3.75. The summed E-state index contributed by atoms with van der Waals surface area (Å²) in [6.45, 7) is 6.43. The summed E-state index contributed by atoms with van der Waals surface area (Å²) < 4.78 is 0. The highest BCUT2D eigenvalue weighted by Crippen LogP contribution is 2.23. The monoisotopic (exact) mass is 255 g/mol. The fourth-order valence-electron chi connectivity index (χ4n) is 1.58. The molecule has 0 aliphatic rings. The zero-order valence-corrected chi connectivity index (χ0v) is 11.1. The van der Waals surface area contributed by atoms with E-state index in [4.69, 9.17) is 11.6 Å². The number of alkyl halides is 1. The smallest absolute Gasteiger partial charge is 0.258 e. The first-order chi connectivity index (χ1) is 7.91. The van der Waals surface area contributed by atoms with Crippen molar-refractivity contribution in [1.82, 2.24) is 0 Å². The van der Waals surface area contributed by atoms with E-state index in [1.807, 2.05) is 0 Å². The molecule has 1 aromatic rings. The standard InChI is InChI=1S/C13H18ClNO2/c1-9(2)10(3)13(14)8-11-4-6-12(7-5-11)15(16)17/h4-7,9-10,13H,8H2,1-3H3. The highest BCUT2D eigenvalue weighted by Gasteiger charge is 2.18. The van der Waals surface area contributed by atoms with E-state index in [0.717, 1.165) is 12.0 Å². The van der Waals surface area contributed by atoms with Gasteiger partial charge in [0, 0.05) is 17.5 Å². The van der Waals surface area contributed by atoms with Gasteiger partial charge in [-0.3, -0.25) is 10.1 Å². The Hall–Kier alpha value is -1.09. The molecular weight excluding hydrogens is 238 g/mol. The van der Waals surface area contributed by atoms with Crippen molar-refractivity contribution in [1.29, 1.82) is 0 Å². The first kappa shape index (κ1) is 14.0. The van der Waals surface area contributed by atoms with Gasteiger partial charge in [0.05, 0.1) is 4.92 Å². The molecule has 0 saturated heterocycles. The van der Waals surface area contributed by atoms with Crippen LogP contribution in [0.5, 0.6) is 0 Å². The van der Waals surface area contributed by atoms with Crippen molar-refractivity contribution in [3.8, 4) is 0 Å². The molecule has 2 unspecified atom stereocenters. The second-order valence-electron chi connectivity index (χ2n) is 4.75. The average Bonchev–Trinajstić information content (AvgIpc) is 2.28. The highest BCUT2D eigenvalue weighted by atomic mass is 35.5. The fraction of sp³-hybridized carbons (Fsp3) is 0.538. The Balaban J connectivity index is 2.66. The summed E-state index contributed by atoms with van der Waals surface area (Å²) in [5.74, 6) is 0.961. The molecule has 0 bridgehead atoms. The number of hydrogen-bond donors (Lipinski definition) is 0. The van der Waals surface area contributed by atoms with Crippen molar-refractivity contribution in [2.24, 2.45) is 11.8 Å². The molecule has 0 aliphatic carbocycles. The van der Waals surface area contributed by atoms with E-state index in [9.17, 15) is 10.1 Å². The van der Waals surface area contributed by atoms with E-state index in [2.05, 4.69) is 20.8 Å². The second kappa shape index (κ2) is 6.01. The summed E-state index contributed by atoms with van der Waals surface area (Å²) in [5, 5.41) is 10.6. The van der Waals surface area contributed by atoms with Crippen molar-refractivity contribution < 1.29 is 4.92 Å². The van der Waals surface area contributed by atoms with E-state index < -0.39 is 4.92 Å². The van der Waals surface area contributed by atoms with Crippen LogP contribution in [0, 0.1) is 22.0 Å². The molecule has 0 spiro atoms. The lowest BCUT2D eigenvalue weighted by molar-refractivity contribution is -0.384. The van der Waals surface area contributed by atoms with E-state index in [-0.39, 0.29) is 11.1 Å². The minimum Gasteiger partial charge on any atom is -0.258 e. The molecule has 4 heteroatoms. The molecule has 0 amide bonds. The maximum Gasteiger partial charge on any atom is 0.269 e. The maximum atomic E-state index is 10.5. The zero-order chi connectivity index (χ0) is 13.0. The lowest BCUT2D eigenvalue weighted by Gasteiger charge is -2.21. The van der Waals surface area contributed by atoms with Gasteiger partial charge < -0.3 is 0 Å². The minimum absolute atomic E-state index is 0.0662. The third kappa shape index (κ3) is 4.00. The average molecular weight is 256 g/mol. The molecule has 17 heavy (non-hydrogen) atoms. The molecule has 3 nitrogen and oxygen atoms in total. The van der Waals surface area contributed by atoms with Gasteiger partial charge in [0.2, 0.25) is 0 Å². The topological polar surface area (TPSA) is 43.1 Å². The van der Waals surface area contributed by atoms with E-state index in [1.54, 1.807) is 12.1 Å². The van der Waals surface area contributed by atoms with Crippen LogP contribution in [0.4, 0.5) is 5.69 Å². The third-order valence-electron chi connectivity index (χ3n) is 3.20. The van der Waals surface area contributed by atoms with Gasteiger partial charge in [0.15, 0.2) is 0 Å². The van der Waals surface area contributed by atoms with Crippen LogP contribution in [0.25, 0.3) is 0 Å². The quantitative estimate of drug-likeness (QED) is 0.453. The molecule has 0 heterocycles. The number of non-ortho nitro benzene ring substituents is 1. The number of halogens is 1. The maximum absolute atomic E-state index is 10.5. The predicted molar refractivity (Wildman–Crippen MR) is 70.4 cm³/mol. The van der Waals surface area contributed by atoms with Crippen LogP contribution in [0.15, 0.2) is 24.3 Å². The first-order valence-corrected chi connectivity index (χ1v) is 6.23. The lowest BCUT2D eigenvalue weighted by Crippen LogP contribution is -2.19. The van der Waals surface area contributed by atoms with Crippen molar-refractivity contribution >= 4 is 17.3 Å². The van der Waals surface area contributed by atoms with Gasteiger partial charge in [-0.1, -0.05) is 32.9 Å². The number of hydrogen-bond acceptors (Lipinski definition) is 2. The number of nitro benzene ring substituents is 1. The molecular formula is C13H18ClNO2.